The van der Waals surface area contributed by atoms with E-state index < -0.39 is 12.1 Å². The SMILES string of the molecule is Nc1ccc([C@H](O)[C@@H](N)CO)cc1. The summed E-state index contributed by atoms with van der Waals surface area (Å²) in [6.07, 6.45) is -0.842. The lowest BCUT2D eigenvalue weighted by molar-refractivity contribution is 0.109. The second kappa shape index (κ2) is 4.23. The molecule has 0 aliphatic rings. The van der Waals surface area contributed by atoms with Gasteiger partial charge in [0.25, 0.3) is 0 Å². The number of aliphatic hydroxyl groups is 2. The molecular formula is C9H14N2O2. The zero-order chi connectivity index (χ0) is 9.84. The number of nitrogens with two attached hydrogens (primary N) is 2. The van der Waals surface area contributed by atoms with Crippen molar-refractivity contribution in [2.75, 3.05) is 12.3 Å². The average Bonchev–Trinajstić information content (AvgIpc) is 2.17. The van der Waals surface area contributed by atoms with Crippen LogP contribution < -0.4 is 11.5 Å². The van der Waals surface area contributed by atoms with Gasteiger partial charge in [-0.05, 0) is 17.7 Å². The minimum atomic E-state index is -0.842. The van der Waals surface area contributed by atoms with Gasteiger partial charge >= 0.3 is 0 Å². The molecule has 13 heavy (non-hydrogen) atoms. The minimum absolute atomic E-state index is 0.245. The Morgan fingerprint density at radius 2 is 1.77 bits per heavy atom. The third-order valence-electron chi connectivity index (χ3n) is 1.89. The van der Waals surface area contributed by atoms with Crippen LogP contribution in [0.25, 0.3) is 0 Å². The van der Waals surface area contributed by atoms with E-state index in [-0.39, 0.29) is 6.61 Å². The van der Waals surface area contributed by atoms with E-state index in [0.29, 0.717) is 11.3 Å². The van der Waals surface area contributed by atoms with Gasteiger partial charge in [-0.25, -0.2) is 0 Å². The summed E-state index contributed by atoms with van der Waals surface area (Å²) in [7, 11) is 0. The van der Waals surface area contributed by atoms with Gasteiger partial charge in [0, 0.05) is 5.69 Å². The van der Waals surface area contributed by atoms with Crippen molar-refractivity contribution in [3.05, 3.63) is 29.8 Å². The summed E-state index contributed by atoms with van der Waals surface area (Å²) < 4.78 is 0. The fraction of sp³-hybridized carbons (Fsp3) is 0.333. The van der Waals surface area contributed by atoms with Gasteiger partial charge < -0.3 is 21.7 Å². The Balaban J connectivity index is 2.77. The Kier molecular flexibility index (Phi) is 3.25. The molecule has 0 radical (unpaired) electrons. The van der Waals surface area contributed by atoms with Crippen LogP contribution in [-0.4, -0.2) is 22.9 Å². The highest BCUT2D eigenvalue weighted by molar-refractivity contribution is 5.40. The molecule has 0 saturated carbocycles. The second-order valence-corrected chi connectivity index (χ2v) is 2.96. The van der Waals surface area contributed by atoms with Crippen LogP contribution >= 0.6 is 0 Å². The lowest BCUT2D eigenvalue weighted by atomic mass is 10.0. The van der Waals surface area contributed by atoms with Crippen molar-refractivity contribution in [2.24, 2.45) is 5.73 Å². The van der Waals surface area contributed by atoms with Crippen LogP contribution in [0.5, 0.6) is 0 Å². The highest BCUT2D eigenvalue weighted by Crippen LogP contribution is 2.16. The summed E-state index contributed by atoms with van der Waals surface area (Å²) in [6.45, 7) is -0.245. The quantitative estimate of drug-likeness (QED) is 0.479. The molecule has 0 aromatic heterocycles. The molecule has 0 saturated heterocycles. The van der Waals surface area contributed by atoms with Crippen LogP contribution in [0.2, 0.25) is 0 Å². The van der Waals surface area contributed by atoms with Crippen molar-refractivity contribution < 1.29 is 10.2 Å². The van der Waals surface area contributed by atoms with Crippen molar-refractivity contribution in [3.63, 3.8) is 0 Å². The van der Waals surface area contributed by atoms with E-state index in [1.54, 1.807) is 24.3 Å². The van der Waals surface area contributed by atoms with Gasteiger partial charge in [0.1, 0.15) is 0 Å². The van der Waals surface area contributed by atoms with E-state index in [1.165, 1.54) is 0 Å². The molecule has 0 amide bonds. The maximum atomic E-state index is 9.55. The highest BCUT2D eigenvalue weighted by Gasteiger charge is 2.15. The van der Waals surface area contributed by atoms with E-state index in [2.05, 4.69) is 0 Å². The molecule has 72 valence electrons. The van der Waals surface area contributed by atoms with Gasteiger partial charge in [-0.15, -0.1) is 0 Å². The lowest BCUT2D eigenvalue weighted by Crippen LogP contribution is -2.31. The fourth-order valence-corrected chi connectivity index (χ4v) is 1.04. The predicted molar refractivity (Wildman–Crippen MR) is 50.9 cm³/mol. The fourth-order valence-electron chi connectivity index (χ4n) is 1.04. The average molecular weight is 182 g/mol. The van der Waals surface area contributed by atoms with Crippen LogP contribution in [-0.2, 0) is 0 Å². The number of rotatable bonds is 3. The van der Waals surface area contributed by atoms with Crippen molar-refractivity contribution in [1.29, 1.82) is 0 Å². The van der Waals surface area contributed by atoms with Gasteiger partial charge in [0.05, 0.1) is 18.8 Å². The third-order valence-corrected chi connectivity index (χ3v) is 1.89. The molecule has 1 aromatic rings. The number of nitrogen functional groups attached to an aromatic ring is 1. The normalized spacial score (nSPS) is 15.3. The molecule has 0 heterocycles. The molecule has 1 rings (SSSR count). The summed E-state index contributed by atoms with van der Waals surface area (Å²) >= 11 is 0. The zero-order valence-electron chi connectivity index (χ0n) is 7.22. The van der Waals surface area contributed by atoms with Crippen molar-refractivity contribution in [3.8, 4) is 0 Å². The van der Waals surface area contributed by atoms with Crippen LogP contribution in [0.3, 0.4) is 0 Å². The molecule has 4 heteroatoms. The maximum Gasteiger partial charge on any atom is 0.0963 e. The Hall–Kier alpha value is -1.10. The number of hydrogen-bond donors (Lipinski definition) is 4. The van der Waals surface area contributed by atoms with E-state index in [9.17, 15) is 5.11 Å². The van der Waals surface area contributed by atoms with Gasteiger partial charge in [-0.2, -0.15) is 0 Å². The molecule has 0 spiro atoms. The molecule has 0 aliphatic carbocycles. The van der Waals surface area contributed by atoms with Gasteiger partial charge in [0.2, 0.25) is 0 Å². The number of benzene rings is 1. The lowest BCUT2D eigenvalue weighted by Gasteiger charge is -2.16. The Morgan fingerprint density at radius 3 is 2.23 bits per heavy atom. The summed E-state index contributed by atoms with van der Waals surface area (Å²) in [4.78, 5) is 0. The molecule has 1 aromatic carbocycles. The molecule has 6 N–H and O–H groups in total. The first-order valence-electron chi connectivity index (χ1n) is 4.05. The summed E-state index contributed by atoms with van der Waals surface area (Å²) in [5.74, 6) is 0. The second-order valence-electron chi connectivity index (χ2n) is 2.96. The first kappa shape index (κ1) is 9.98. The molecule has 0 bridgehead atoms. The van der Waals surface area contributed by atoms with E-state index in [0.717, 1.165) is 0 Å². The number of aliphatic hydroxyl groups excluding tert-OH is 2. The maximum absolute atomic E-state index is 9.55. The number of hydrogen-bond acceptors (Lipinski definition) is 4. The van der Waals surface area contributed by atoms with Crippen LogP contribution in [0.1, 0.15) is 11.7 Å². The molecule has 0 unspecified atom stereocenters. The van der Waals surface area contributed by atoms with E-state index in [1.807, 2.05) is 0 Å². The molecule has 4 nitrogen and oxygen atoms in total. The third kappa shape index (κ3) is 2.42. The van der Waals surface area contributed by atoms with E-state index in [4.69, 9.17) is 16.6 Å². The van der Waals surface area contributed by atoms with Crippen molar-refractivity contribution in [1.82, 2.24) is 0 Å². The summed E-state index contributed by atoms with van der Waals surface area (Å²) in [5, 5.41) is 18.3. The minimum Gasteiger partial charge on any atom is -0.399 e. The van der Waals surface area contributed by atoms with Crippen LogP contribution in [0, 0.1) is 0 Å². The first-order chi connectivity index (χ1) is 6.15. The summed E-state index contributed by atoms with van der Waals surface area (Å²) in [5.41, 5.74) is 12.2. The first-order valence-corrected chi connectivity index (χ1v) is 4.05. The van der Waals surface area contributed by atoms with Gasteiger partial charge in [0.15, 0.2) is 0 Å². The molecule has 2 atom stereocenters. The molecule has 0 fully saturated rings. The van der Waals surface area contributed by atoms with Crippen molar-refractivity contribution >= 4 is 5.69 Å². The predicted octanol–water partition coefficient (Wildman–Crippen LogP) is -0.378. The smallest absolute Gasteiger partial charge is 0.0963 e. The Labute approximate surface area is 76.8 Å². The van der Waals surface area contributed by atoms with Gasteiger partial charge in [-0.3, -0.25) is 0 Å². The van der Waals surface area contributed by atoms with Crippen LogP contribution in [0.4, 0.5) is 5.69 Å². The highest BCUT2D eigenvalue weighted by atomic mass is 16.3. The Morgan fingerprint density at radius 1 is 1.23 bits per heavy atom. The van der Waals surface area contributed by atoms with Gasteiger partial charge in [-0.1, -0.05) is 12.1 Å². The monoisotopic (exact) mass is 182 g/mol. The Bertz CT molecular complexity index is 261. The topological polar surface area (TPSA) is 92.5 Å². The molecular weight excluding hydrogens is 168 g/mol. The van der Waals surface area contributed by atoms with Crippen molar-refractivity contribution in [2.45, 2.75) is 12.1 Å². The zero-order valence-corrected chi connectivity index (χ0v) is 7.22. The summed E-state index contributed by atoms with van der Waals surface area (Å²) in [6, 6.07) is 6.10. The standard InChI is InChI=1S/C9H14N2O2/c10-7-3-1-6(2-4-7)9(13)8(11)5-12/h1-4,8-9,12-13H,5,10-11H2/t8-,9-/m0/s1. The van der Waals surface area contributed by atoms with Crippen LogP contribution in [0.15, 0.2) is 24.3 Å². The largest absolute Gasteiger partial charge is 0.399 e. The van der Waals surface area contributed by atoms with E-state index >= 15 is 0 Å². The number of anilines is 1. The molecule has 0 aliphatic heterocycles.